The summed E-state index contributed by atoms with van der Waals surface area (Å²) >= 11 is 6.44. The molecule has 1 saturated carbocycles. The predicted molar refractivity (Wildman–Crippen MR) is 124 cm³/mol. The summed E-state index contributed by atoms with van der Waals surface area (Å²) in [6.07, 6.45) is 10.0. The number of hydrogen-bond donors (Lipinski definition) is 1. The summed E-state index contributed by atoms with van der Waals surface area (Å²) in [5.74, 6) is 0.451. The van der Waals surface area contributed by atoms with Crippen molar-refractivity contribution in [2.75, 3.05) is 25.1 Å². The van der Waals surface area contributed by atoms with E-state index in [1.165, 1.54) is 10.9 Å². The van der Waals surface area contributed by atoms with E-state index in [-0.39, 0.29) is 16.6 Å². The number of nitrogens with one attached hydrogen (secondary N) is 1. The molecule has 0 unspecified atom stereocenters. The molecule has 3 heterocycles. The third-order valence-corrected chi connectivity index (χ3v) is 7.18. The molecule has 1 N–H and O–H groups in total. The van der Waals surface area contributed by atoms with Gasteiger partial charge in [-0.15, -0.1) is 0 Å². The van der Waals surface area contributed by atoms with Gasteiger partial charge < -0.3 is 14.6 Å². The van der Waals surface area contributed by atoms with Crippen LogP contribution in [0.3, 0.4) is 0 Å². The van der Waals surface area contributed by atoms with Crippen molar-refractivity contribution in [1.29, 1.82) is 0 Å². The Morgan fingerprint density at radius 2 is 1.90 bits per heavy atom. The van der Waals surface area contributed by atoms with E-state index >= 15 is 0 Å². The van der Waals surface area contributed by atoms with E-state index in [9.17, 15) is 4.79 Å². The Kier molecular flexibility index (Phi) is 6.01. The number of ether oxygens (including phenoxy) is 1. The third kappa shape index (κ3) is 4.23. The van der Waals surface area contributed by atoms with E-state index in [2.05, 4.69) is 51.5 Å². The van der Waals surface area contributed by atoms with Crippen LogP contribution in [-0.4, -0.2) is 34.1 Å². The van der Waals surface area contributed by atoms with E-state index in [4.69, 9.17) is 16.3 Å². The molecule has 7 heteroatoms. The highest BCUT2D eigenvalue weighted by Gasteiger charge is 2.26. The molecule has 1 aliphatic heterocycles. The van der Waals surface area contributed by atoms with Gasteiger partial charge in [0, 0.05) is 30.9 Å². The predicted octanol–water partition coefficient (Wildman–Crippen LogP) is 5.05. The van der Waals surface area contributed by atoms with Crippen molar-refractivity contribution in [3.8, 4) is 0 Å². The first-order valence-electron chi connectivity index (χ1n) is 11.3. The van der Waals surface area contributed by atoms with Crippen molar-refractivity contribution in [3.63, 3.8) is 0 Å². The van der Waals surface area contributed by atoms with E-state index in [1.807, 2.05) is 0 Å². The van der Waals surface area contributed by atoms with Gasteiger partial charge in [-0.3, -0.25) is 4.79 Å². The van der Waals surface area contributed by atoms with Gasteiger partial charge in [0.15, 0.2) is 0 Å². The molecule has 164 valence electrons. The highest BCUT2D eigenvalue weighted by atomic mass is 35.5. The largest absolute Gasteiger partial charge is 0.382 e. The Labute approximate surface area is 187 Å². The van der Waals surface area contributed by atoms with Gasteiger partial charge >= 0.3 is 0 Å². The number of fused-ring (bicyclic) bond motifs is 1. The normalized spacial score (nSPS) is 24.4. The molecule has 0 bridgehead atoms. The quantitative estimate of drug-likeness (QED) is 0.603. The lowest BCUT2D eigenvalue weighted by Gasteiger charge is -2.30. The van der Waals surface area contributed by atoms with Gasteiger partial charge in [-0.05, 0) is 62.0 Å². The number of rotatable bonds is 5. The summed E-state index contributed by atoms with van der Waals surface area (Å²) in [5, 5.41) is 9.30. The van der Waals surface area contributed by atoms with Gasteiger partial charge in [0.05, 0.1) is 24.5 Å². The maximum atomic E-state index is 12.9. The lowest BCUT2D eigenvalue weighted by atomic mass is 9.91. The average molecular weight is 441 g/mol. The SMILES string of the molecule is O=c1c(Cl)c(NC[C@H]2CCCOC2)cnn1C1CCC(n2ccc3ccccc32)CC1. The summed E-state index contributed by atoms with van der Waals surface area (Å²) in [6, 6.07) is 11.2. The van der Waals surface area contributed by atoms with Gasteiger partial charge in [-0.25, -0.2) is 4.68 Å². The standard InChI is InChI=1S/C24H29ClN4O2/c25-23-21(26-14-17-4-3-13-31-16-17)15-27-29(24(23)30)20-9-7-19(8-10-20)28-12-11-18-5-1-2-6-22(18)28/h1-2,5-6,11-12,15,17,19-20,26H,3-4,7-10,13-14,16H2/t17-,19?,20?/m1/s1. The molecule has 3 aromatic rings. The van der Waals surface area contributed by atoms with Gasteiger partial charge in [0.1, 0.15) is 5.02 Å². The number of para-hydroxylation sites is 1. The molecule has 1 aromatic carbocycles. The smallest absolute Gasteiger partial charge is 0.287 e. The van der Waals surface area contributed by atoms with Gasteiger partial charge in [0.25, 0.3) is 5.56 Å². The minimum Gasteiger partial charge on any atom is -0.382 e. The second-order valence-electron chi connectivity index (χ2n) is 8.83. The minimum atomic E-state index is -0.193. The second-order valence-corrected chi connectivity index (χ2v) is 9.21. The summed E-state index contributed by atoms with van der Waals surface area (Å²) in [5.41, 5.74) is 1.71. The fraction of sp³-hybridized carbons (Fsp3) is 0.500. The van der Waals surface area contributed by atoms with Crippen molar-refractivity contribution in [2.45, 2.75) is 50.6 Å². The Balaban J connectivity index is 1.25. The van der Waals surface area contributed by atoms with E-state index in [0.717, 1.165) is 58.3 Å². The van der Waals surface area contributed by atoms with E-state index in [0.29, 0.717) is 17.6 Å². The summed E-state index contributed by atoms with van der Waals surface area (Å²) in [6.45, 7) is 2.35. The third-order valence-electron chi connectivity index (χ3n) is 6.81. The number of hydrogen-bond acceptors (Lipinski definition) is 4. The lowest BCUT2D eigenvalue weighted by molar-refractivity contribution is 0.0595. The first kappa shape index (κ1) is 20.6. The van der Waals surface area contributed by atoms with Crippen LogP contribution in [0.5, 0.6) is 0 Å². The number of aromatic nitrogens is 3. The highest BCUT2D eigenvalue weighted by molar-refractivity contribution is 6.32. The van der Waals surface area contributed by atoms with Crippen LogP contribution in [0.25, 0.3) is 10.9 Å². The molecule has 1 atom stereocenters. The number of halogens is 1. The summed E-state index contributed by atoms with van der Waals surface area (Å²) in [7, 11) is 0. The van der Waals surface area contributed by atoms with Gasteiger partial charge in [0.2, 0.25) is 0 Å². The Bertz CT molecular complexity index is 1090. The van der Waals surface area contributed by atoms with Crippen LogP contribution in [0.15, 0.2) is 47.5 Å². The molecule has 5 rings (SSSR count). The van der Waals surface area contributed by atoms with Crippen LogP contribution in [0.4, 0.5) is 5.69 Å². The summed E-state index contributed by atoms with van der Waals surface area (Å²) in [4.78, 5) is 12.9. The average Bonchev–Trinajstić information content (AvgIpc) is 3.25. The topological polar surface area (TPSA) is 61.1 Å². The maximum absolute atomic E-state index is 12.9. The zero-order valence-corrected chi connectivity index (χ0v) is 18.4. The zero-order valence-electron chi connectivity index (χ0n) is 17.7. The fourth-order valence-corrected chi connectivity index (χ4v) is 5.26. The first-order valence-corrected chi connectivity index (χ1v) is 11.7. The minimum absolute atomic E-state index is 0.101. The molecule has 0 spiro atoms. The van der Waals surface area contributed by atoms with Gasteiger partial charge in [-0.2, -0.15) is 5.10 Å². The van der Waals surface area contributed by atoms with E-state index < -0.39 is 0 Å². The molecular weight excluding hydrogens is 412 g/mol. The van der Waals surface area contributed by atoms with Crippen molar-refractivity contribution >= 4 is 28.2 Å². The molecule has 0 radical (unpaired) electrons. The number of anilines is 1. The number of nitrogens with zero attached hydrogens (tertiary/aromatic N) is 3. The van der Waals surface area contributed by atoms with Crippen LogP contribution in [0, 0.1) is 5.92 Å². The molecule has 1 saturated heterocycles. The monoisotopic (exact) mass is 440 g/mol. The lowest BCUT2D eigenvalue weighted by Crippen LogP contribution is -2.32. The fourth-order valence-electron chi connectivity index (χ4n) is 5.05. The molecule has 6 nitrogen and oxygen atoms in total. The Hall–Kier alpha value is -2.31. The number of benzene rings is 1. The molecule has 31 heavy (non-hydrogen) atoms. The van der Waals surface area contributed by atoms with E-state index in [1.54, 1.807) is 10.9 Å². The van der Waals surface area contributed by atoms with Crippen molar-refractivity contribution in [1.82, 2.24) is 14.3 Å². The molecular formula is C24H29ClN4O2. The Morgan fingerprint density at radius 1 is 1.10 bits per heavy atom. The van der Waals surface area contributed by atoms with Crippen LogP contribution < -0.4 is 10.9 Å². The van der Waals surface area contributed by atoms with Crippen LogP contribution in [0.2, 0.25) is 5.02 Å². The van der Waals surface area contributed by atoms with Crippen molar-refractivity contribution in [2.24, 2.45) is 5.92 Å². The molecule has 2 fully saturated rings. The maximum Gasteiger partial charge on any atom is 0.287 e. The Morgan fingerprint density at radius 3 is 2.71 bits per heavy atom. The zero-order chi connectivity index (χ0) is 21.2. The van der Waals surface area contributed by atoms with Crippen molar-refractivity contribution < 1.29 is 4.74 Å². The van der Waals surface area contributed by atoms with Crippen LogP contribution in [-0.2, 0) is 4.74 Å². The first-order chi connectivity index (χ1) is 15.2. The summed E-state index contributed by atoms with van der Waals surface area (Å²) < 4.78 is 9.51. The van der Waals surface area contributed by atoms with Crippen LogP contribution in [0.1, 0.15) is 50.6 Å². The molecule has 2 aliphatic rings. The molecule has 0 amide bonds. The highest BCUT2D eigenvalue weighted by Crippen LogP contribution is 2.36. The van der Waals surface area contributed by atoms with Crippen molar-refractivity contribution in [3.05, 3.63) is 58.1 Å². The van der Waals surface area contributed by atoms with Crippen LogP contribution >= 0.6 is 11.6 Å². The van der Waals surface area contributed by atoms with Gasteiger partial charge in [-0.1, -0.05) is 29.8 Å². The second kappa shape index (κ2) is 9.05. The molecule has 2 aromatic heterocycles. The molecule has 1 aliphatic carbocycles.